The number of carboxylic acids is 1. The molecule has 1 aliphatic heterocycles. The maximum atomic E-state index is 12.7. The molecule has 1 atom stereocenters. The third-order valence-electron chi connectivity index (χ3n) is 3.74. The van der Waals surface area contributed by atoms with Gasteiger partial charge in [0, 0.05) is 12.0 Å². The summed E-state index contributed by atoms with van der Waals surface area (Å²) >= 11 is 1.04. The Morgan fingerprint density at radius 2 is 2.05 bits per heavy atom. The molecular formula is C13H19N3O3S. The van der Waals surface area contributed by atoms with Crippen molar-refractivity contribution in [1.29, 1.82) is 0 Å². The van der Waals surface area contributed by atoms with E-state index in [4.69, 9.17) is 0 Å². The molecule has 1 N–H and O–H groups in total. The third-order valence-corrected chi connectivity index (χ3v) is 4.45. The molecule has 1 saturated heterocycles. The van der Waals surface area contributed by atoms with E-state index in [9.17, 15) is 14.7 Å². The SMILES string of the molecule is CC(C)(C)c1nnsc1C(=O)N1CCCC1(C)C(=O)O. The summed E-state index contributed by atoms with van der Waals surface area (Å²) in [5, 5.41) is 13.4. The molecule has 1 unspecified atom stereocenters. The molecule has 0 radical (unpaired) electrons. The van der Waals surface area contributed by atoms with Gasteiger partial charge >= 0.3 is 5.97 Å². The predicted molar refractivity (Wildman–Crippen MR) is 74.9 cm³/mol. The monoisotopic (exact) mass is 297 g/mol. The smallest absolute Gasteiger partial charge is 0.329 e. The van der Waals surface area contributed by atoms with Gasteiger partial charge in [0.05, 0.1) is 5.69 Å². The summed E-state index contributed by atoms with van der Waals surface area (Å²) < 4.78 is 3.87. The standard InChI is InChI=1S/C13H19N3O3S/c1-12(2,3)9-8(20-15-14-9)10(17)16-7-5-6-13(16,4)11(18)19/h5-7H2,1-4H3,(H,18,19). The normalized spacial score (nSPS) is 23.1. The molecule has 0 aliphatic carbocycles. The van der Waals surface area contributed by atoms with E-state index in [-0.39, 0.29) is 11.3 Å². The number of carbonyl (C=O) groups is 2. The van der Waals surface area contributed by atoms with Crippen molar-refractivity contribution in [3.8, 4) is 0 Å². The van der Waals surface area contributed by atoms with E-state index < -0.39 is 11.5 Å². The Morgan fingerprint density at radius 1 is 1.40 bits per heavy atom. The number of nitrogens with zero attached hydrogens (tertiary/aromatic N) is 3. The number of likely N-dealkylation sites (tertiary alicyclic amines) is 1. The first kappa shape index (κ1) is 14.9. The number of aliphatic carboxylic acids is 1. The van der Waals surface area contributed by atoms with Gasteiger partial charge in [0.25, 0.3) is 5.91 Å². The largest absolute Gasteiger partial charge is 0.480 e. The summed E-state index contributed by atoms with van der Waals surface area (Å²) in [7, 11) is 0. The fraction of sp³-hybridized carbons (Fsp3) is 0.692. The van der Waals surface area contributed by atoms with Crippen LogP contribution in [0, 0.1) is 0 Å². The Bertz CT molecular complexity index is 549. The number of carbonyl (C=O) groups excluding carboxylic acids is 1. The molecule has 110 valence electrons. The van der Waals surface area contributed by atoms with Gasteiger partial charge in [0.15, 0.2) is 0 Å². The number of amides is 1. The second-order valence-corrected chi connectivity index (χ2v) is 7.09. The molecule has 2 heterocycles. The quantitative estimate of drug-likeness (QED) is 0.901. The van der Waals surface area contributed by atoms with Gasteiger partial charge in [-0.05, 0) is 31.3 Å². The number of hydrogen-bond acceptors (Lipinski definition) is 5. The maximum absolute atomic E-state index is 12.7. The van der Waals surface area contributed by atoms with Crippen LogP contribution in [0.1, 0.15) is 55.9 Å². The lowest BCUT2D eigenvalue weighted by molar-refractivity contribution is -0.147. The Kier molecular flexibility index (Phi) is 3.58. The van der Waals surface area contributed by atoms with Gasteiger partial charge in [-0.1, -0.05) is 25.3 Å². The molecule has 6 nitrogen and oxygen atoms in total. The Hall–Kier alpha value is -1.50. The minimum atomic E-state index is -1.13. The van der Waals surface area contributed by atoms with E-state index in [2.05, 4.69) is 9.59 Å². The summed E-state index contributed by atoms with van der Waals surface area (Å²) in [4.78, 5) is 26.1. The topological polar surface area (TPSA) is 83.4 Å². The minimum Gasteiger partial charge on any atom is -0.480 e. The summed E-state index contributed by atoms with van der Waals surface area (Å²) in [6.45, 7) is 7.94. The molecular weight excluding hydrogens is 278 g/mol. The molecule has 0 aromatic carbocycles. The van der Waals surface area contributed by atoms with Crippen LogP contribution in [0.5, 0.6) is 0 Å². The van der Waals surface area contributed by atoms with Gasteiger partial charge in [-0.3, -0.25) is 4.79 Å². The van der Waals surface area contributed by atoms with Crippen LogP contribution in [0.15, 0.2) is 0 Å². The highest BCUT2D eigenvalue weighted by Crippen LogP contribution is 2.34. The number of aromatic nitrogens is 2. The van der Waals surface area contributed by atoms with E-state index in [1.165, 1.54) is 4.90 Å². The maximum Gasteiger partial charge on any atom is 0.329 e. The van der Waals surface area contributed by atoms with Crippen molar-refractivity contribution in [1.82, 2.24) is 14.5 Å². The molecule has 1 aromatic rings. The van der Waals surface area contributed by atoms with Crippen LogP contribution in [-0.4, -0.2) is 43.6 Å². The first-order valence-corrected chi connectivity index (χ1v) is 7.33. The fourth-order valence-corrected chi connectivity index (χ4v) is 3.28. The van der Waals surface area contributed by atoms with Crippen molar-refractivity contribution in [2.24, 2.45) is 0 Å². The molecule has 7 heteroatoms. The average molecular weight is 297 g/mol. The van der Waals surface area contributed by atoms with E-state index in [0.29, 0.717) is 30.0 Å². The van der Waals surface area contributed by atoms with Crippen LogP contribution < -0.4 is 0 Å². The van der Waals surface area contributed by atoms with Crippen molar-refractivity contribution in [2.45, 2.75) is 51.5 Å². The van der Waals surface area contributed by atoms with Gasteiger partial charge in [0.1, 0.15) is 10.4 Å². The molecule has 0 spiro atoms. The lowest BCUT2D eigenvalue weighted by atomic mass is 9.91. The van der Waals surface area contributed by atoms with Gasteiger partial charge in [0.2, 0.25) is 0 Å². The Balaban J connectivity index is 2.38. The molecule has 2 rings (SSSR count). The minimum absolute atomic E-state index is 0.271. The molecule has 1 aliphatic rings. The Morgan fingerprint density at radius 3 is 2.60 bits per heavy atom. The lowest BCUT2D eigenvalue weighted by Crippen LogP contribution is -2.50. The molecule has 1 aromatic heterocycles. The first-order chi connectivity index (χ1) is 9.18. The van der Waals surface area contributed by atoms with Crippen molar-refractivity contribution < 1.29 is 14.7 Å². The number of rotatable bonds is 2. The van der Waals surface area contributed by atoms with Gasteiger partial charge in [-0.2, -0.15) is 0 Å². The van der Waals surface area contributed by atoms with Crippen molar-refractivity contribution >= 4 is 23.4 Å². The zero-order valence-electron chi connectivity index (χ0n) is 12.1. The molecule has 1 fully saturated rings. The lowest BCUT2D eigenvalue weighted by Gasteiger charge is -2.31. The van der Waals surface area contributed by atoms with Gasteiger partial charge in [-0.25, -0.2) is 4.79 Å². The fourth-order valence-electron chi connectivity index (χ4n) is 2.46. The van der Waals surface area contributed by atoms with Crippen molar-refractivity contribution in [3.63, 3.8) is 0 Å². The van der Waals surface area contributed by atoms with E-state index in [0.717, 1.165) is 11.5 Å². The summed E-state index contributed by atoms with van der Waals surface area (Å²) in [5.41, 5.74) is -0.791. The number of hydrogen-bond donors (Lipinski definition) is 1. The van der Waals surface area contributed by atoms with Gasteiger partial charge in [-0.15, -0.1) is 5.10 Å². The summed E-state index contributed by atoms with van der Waals surface area (Å²) in [6, 6.07) is 0. The summed E-state index contributed by atoms with van der Waals surface area (Å²) in [6.07, 6.45) is 1.18. The zero-order chi connectivity index (χ0) is 15.1. The zero-order valence-corrected chi connectivity index (χ0v) is 13.0. The van der Waals surface area contributed by atoms with Crippen LogP contribution in [0.2, 0.25) is 0 Å². The van der Waals surface area contributed by atoms with Gasteiger partial charge < -0.3 is 10.0 Å². The van der Waals surface area contributed by atoms with Crippen LogP contribution in [0.4, 0.5) is 0 Å². The van der Waals surface area contributed by atoms with Crippen molar-refractivity contribution in [2.75, 3.05) is 6.54 Å². The van der Waals surface area contributed by atoms with Crippen LogP contribution in [0.3, 0.4) is 0 Å². The first-order valence-electron chi connectivity index (χ1n) is 6.56. The number of carboxylic acid groups (broad SMARTS) is 1. The second-order valence-electron chi connectivity index (χ2n) is 6.34. The van der Waals surface area contributed by atoms with Crippen molar-refractivity contribution in [3.05, 3.63) is 10.6 Å². The predicted octanol–water partition coefficient (Wildman–Crippen LogP) is 1.91. The van der Waals surface area contributed by atoms with Crippen LogP contribution >= 0.6 is 11.5 Å². The highest BCUT2D eigenvalue weighted by molar-refractivity contribution is 7.08. The highest BCUT2D eigenvalue weighted by Gasteiger charge is 2.47. The third kappa shape index (κ3) is 2.30. The molecule has 1 amide bonds. The second kappa shape index (κ2) is 4.80. The highest BCUT2D eigenvalue weighted by atomic mass is 32.1. The Labute approximate surface area is 122 Å². The van der Waals surface area contributed by atoms with E-state index in [1.54, 1.807) is 6.92 Å². The van der Waals surface area contributed by atoms with E-state index in [1.807, 2.05) is 20.8 Å². The van der Waals surface area contributed by atoms with Crippen LogP contribution in [-0.2, 0) is 10.2 Å². The summed E-state index contributed by atoms with van der Waals surface area (Å²) in [5.74, 6) is -1.23. The molecule has 0 bridgehead atoms. The molecule has 20 heavy (non-hydrogen) atoms. The average Bonchev–Trinajstić information content (AvgIpc) is 2.93. The van der Waals surface area contributed by atoms with E-state index >= 15 is 0 Å². The molecule has 0 saturated carbocycles. The van der Waals surface area contributed by atoms with Crippen LogP contribution in [0.25, 0.3) is 0 Å².